The van der Waals surface area contributed by atoms with Crippen molar-refractivity contribution in [3.63, 3.8) is 0 Å². The molecule has 4 aliphatic carbocycles. The smallest absolute Gasteiger partial charge is 0.317 e. The van der Waals surface area contributed by atoms with Gasteiger partial charge in [0, 0.05) is 0 Å². The molecule has 21 heteroatoms. The molecule has 0 radical (unpaired) electrons. The molecule has 414 valence electrons. The first-order chi connectivity index (χ1) is 33.6. The number of hydrogen-bond acceptors (Lipinski definition) is 20. The maximum Gasteiger partial charge on any atom is 0.317 e. The van der Waals surface area contributed by atoms with Crippen molar-refractivity contribution in [3.8, 4) is 0 Å². The maximum atomic E-state index is 12.7. The van der Waals surface area contributed by atoms with Crippen molar-refractivity contribution in [3.05, 3.63) is 11.6 Å². The first kappa shape index (κ1) is 57.7. The van der Waals surface area contributed by atoms with E-state index in [2.05, 4.69) is 40.7 Å². The first-order valence-electron chi connectivity index (χ1n) is 25.9. The van der Waals surface area contributed by atoms with Gasteiger partial charge in [0.25, 0.3) is 0 Å². The van der Waals surface area contributed by atoms with E-state index < -0.39 is 154 Å². The molecule has 4 saturated carbocycles. The summed E-state index contributed by atoms with van der Waals surface area (Å²) >= 11 is 0. The lowest BCUT2D eigenvalue weighted by molar-refractivity contribution is -0.378. The summed E-state index contributed by atoms with van der Waals surface area (Å²) < 4.78 is 42.3. The summed E-state index contributed by atoms with van der Waals surface area (Å²) in [6, 6.07) is 0. The van der Waals surface area contributed by atoms with E-state index in [1.54, 1.807) is 0 Å². The fourth-order valence-corrected chi connectivity index (χ4v) is 15.2. The lowest BCUT2D eigenvalue weighted by Gasteiger charge is -2.71. The fraction of sp³-hybridized carbons (Fsp3) is 0.922. The lowest BCUT2D eigenvalue weighted by atomic mass is 9.35. The van der Waals surface area contributed by atoms with Crippen molar-refractivity contribution in [2.24, 2.45) is 45.3 Å². The molecule has 0 unspecified atom stereocenters. The van der Waals surface area contributed by atoms with Gasteiger partial charge in [0.1, 0.15) is 86.3 Å². The molecule has 7 aliphatic rings. The van der Waals surface area contributed by atoms with Crippen LogP contribution in [0.3, 0.4) is 0 Å². The highest BCUT2D eigenvalue weighted by atomic mass is 16.8. The summed E-state index contributed by atoms with van der Waals surface area (Å²) in [7, 11) is 0. The predicted molar refractivity (Wildman–Crippen MR) is 250 cm³/mol. The number of aliphatic carboxylic acids is 1. The minimum atomic E-state index is -1.93. The van der Waals surface area contributed by atoms with Crippen LogP contribution in [0.25, 0.3) is 0 Å². The quantitative estimate of drug-likeness (QED) is 0.0419. The average molecular weight is 1030 g/mol. The minimum absolute atomic E-state index is 0.0343. The van der Waals surface area contributed by atoms with Crippen molar-refractivity contribution in [1.82, 2.24) is 0 Å². The van der Waals surface area contributed by atoms with Crippen LogP contribution in [-0.2, 0) is 42.7 Å². The Bertz CT molecular complexity index is 1920. The predicted octanol–water partition coefficient (Wildman–Crippen LogP) is -0.00120. The summed E-state index contributed by atoms with van der Waals surface area (Å²) in [6.07, 6.45) is -18.2. The number of aliphatic hydroxyl groups excluding tert-OH is 11. The summed E-state index contributed by atoms with van der Waals surface area (Å²) in [5.41, 5.74) is -1.36. The largest absolute Gasteiger partial charge is 0.481 e. The minimum Gasteiger partial charge on any atom is -0.481 e. The second kappa shape index (κ2) is 21.8. The third-order valence-corrected chi connectivity index (χ3v) is 19.3. The van der Waals surface area contributed by atoms with Crippen LogP contribution in [-0.4, -0.2) is 203 Å². The number of rotatable bonds is 16. The van der Waals surface area contributed by atoms with Gasteiger partial charge in [-0.25, -0.2) is 0 Å². The van der Waals surface area contributed by atoms with E-state index in [1.165, 1.54) is 0 Å². The van der Waals surface area contributed by atoms with Crippen molar-refractivity contribution in [2.45, 2.75) is 230 Å². The molecule has 0 amide bonds. The molecule has 12 N–H and O–H groups in total. The van der Waals surface area contributed by atoms with E-state index in [9.17, 15) is 65.8 Å². The molecule has 0 bridgehead atoms. The van der Waals surface area contributed by atoms with E-state index in [0.717, 1.165) is 24.8 Å². The maximum absolute atomic E-state index is 12.7. The van der Waals surface area contributed by atoms with Gasteiger partial charge in [0.05, 0.1) is 31.0 Å². The van der Waals surface area contributed by atoms with Crippen LogP contribution in [0.15, 0.2) is 11.6 Å². The summed E-state index contributed by atoms with van der Waals surface area (Å²) in [4.78, 5) is 23.0. The highest BCUT2D eigenvalue weighted by molar-refractivity contribution is 5.90. The van der Waals surface area contributed by atoms with Gasteiger partial charge >= 0.3 is 11.9 Å². The second-order valence-electron chi connectivity index (χ2n) is 24.0. The molecule has 0 aromatic heterocycles. The van der Waals surface area contributed by atoms with Crippen LogP contribution < -0.4 is 0 Å². The van der Waals surface area contributed by atoms with E-state index in [4.69, 9.17) is 38.3 Å². The fourth-order valence-electron chi connectivity index (χ4n) is 15.2. The zero-order valence-electron chi connectivity index (χ0n) is 42.9. The van der Waals surface area contributed by atoms with Crippen LogP contribution in [0.2, 0.25) is 0 Å². The van der Waals surface area contributed by atoms with Crippen LogP contribution in [0.5, 0.6) is 0 Å². The van der Waals surface area contributed by atoms with Crippen molar-refractivity contribution >= 4 is 11.9 Å². The van der Waals surface area contributed by atoms with Gasteiger partial charge in [-0.3, -0.25) is 9.59 Å². The lowest BCUT2D eigenvalue weighted by Crippen LogP contribution is -2.68. The summed E-state index contributed by atoms with van der Waals surface area (Å²) in [5, 5.41) is 129. The molecule has 25 atom stereocenters. The van der Waals surface area contributed by atoms with Gasteiger partial charge in [-0.1, -0.05) is 46.3 Å². The zero-order valence-corrected chi connectivity index (χ0v) is 42.9. The number of hydrogen-bond donors (Lipinski definition) is 12. The Hall–Kier alpha value is -2.00. The Morgan fingerprint density at radius 3 is 1.85 bits per heavy atom. The molecular weight excluding hydrogens is 949 g/mol. The Morgan fingerprint density at radius 2 is 1.24 bits per heavy atom. The van der Waals surface area contributed by atoms with Crippen LogP contribution in [0.4, 0.5) is 0 Å². The number of esters is 1. The molecule has 72 heavy (non-hydrogen) atoms. The van der Waals surface area contributed by atoms with Crippen molar-refractivity contribution in [1.29, 1.82) is 0 Å². The number of fused-ring (bicyclic) bond motifs is 5. The van der Waals surface area contributed by atoms with E-state index in [-0.39, 0.29) is 39.9 Å². The van der Waals surface area contributed by atoms with Crippen LogP contribution in [0, 0.1) is 45.3 Å². The van der Waals surface area contributed by atoms with E-state index >= 15 is 0 Å². The number of carboxylic acids is 1. The average Bonchev–Trinajstić information content (AvgIpc) is 3.70. The second-order valence-corrected chi connectivity index (χ2v) is 24.0. The van der Waals surface area contributed by atoms with Gasteiger partial charge in [-0.05, 0) is 124 Å². The Kier molecular flexibility index (Phi) is 17.5. The normalized spacial score (nSPS) is 48.8. The Labute approximate surface area is 421 Å². The monoisotopic (exact) mass is 1030 g/mol. The topological polar surface area (TPSA) is 342 Å². The number of ether oxygens (including phenoxy) is 7. The molecule has 7 rings (SSSR count). The molecule has 0 aromatic carbocycles. The number of carbonyl (C=O) groups excluding carboxylic acids is 1. The van der Waals surface area contributed by atoms with Gasteiger partial charge in [-0.15, -0.1) is 0 Å². The Morgan fingerprint density at radius 1 is 0.667 bits per heavy atom. The van der Waals surface area contributed by atoms with Crippen LogP contribution >= 0.6 is 0 Å². The molecule has 3 aliphatic heterocycles. The molecule has 21 nitrogen and oxygen atoms in total. The standard InChI is InChI=1S/C51H84O21/c1-23(2)10-9-14-51(8,72-45-42(65)38(61)35(58)26(20-52)67-45)24-11-16-50(7)34(24)25(54)18-30-48(5)15-13-31(47(3,4)29(48)12-17-49(30,50)6)70-46-43(40(63)36(59)27(21-53)68-46)71-44-41(64)39(62)37(60)28(69-44)22-66-33(57)19-32(55)56/h10,24-31,34-46,52-54,58-65H,9,11-22H2,1-8H3,(H,55,56)/t24-,25+,26-,27-,28-,29-,30-,31-,34-,35-,36-,37-,38+,39+,40+,41-,42-,43-,44+,45+,46+,48+,49-,50-,51+/m1/s1. The Balaban J connectivity index is 1.11. The molecule has 0 spiro atoms. The van der Waals surface area contributed by atoms with E-state index in [0.29, 0.717) is 38.5 Å². The summed E-state index contributed by atoms with van der Waals surface area (Å²) in [5.74, 6) is -2.92. The van der Waals surface area contributed by atoms with Gasteiger partial charge in [-0.2, -0.15) is 0 Å². The molecule has 3 saturated heterocycles. The molecule has 0 aromatic rings. The SMILES string of the molecule is CC(C)=CCC[C@](C)(O[C@@H]1O[C@H](CO)[C@@H](O)[C@H](O)[C@H]1O)[C@@H]1CC[C@]2(C)[C@H]1[C@@H](O)C[C@@H]1[C@@]3(C)CC[C@@H](O[C@@H]4O[C@H](CO)[C@@H](O)[C@H](O)[C@H]4O[C@@H]4O[C@H](COC(=O)CC(=O)O)[C@@H](O)[C@H](O)[C@H]4O)C(C)(C)[C@H]3CC[C@]12C. The van der Waals surface area contributed by atoms with Crippen LogP contribution in [0.1, 0.15) is 120 Å². The number of carbonyl (C=O) groups is 2. The third kappa shape index (κ3) is 10.3. The van der Waals surface area contributed by atoms with Crippen molar-refractivity contribution < 1.29 is 104 Å². The van der Waals surface area contributed by atoms with Crippen molar-refractivity contribution in [2.75, 3.05) is 19.8 Å². The highest BCUT2D eigenvalue weighted by Crippen LogP contribution is 2.76. The van der Waals surface area contributed by atoms with Gasteiger partial charge in [0.2, 0.25) is 0 Å². The summed E-state index contributed by atoms with van der Waals surface area (Å²) in [6.45, 7) is 15.2. The zero-order chi connectivity index (χ0) is 53.2. The van der Waals surface area contributed by atoms with Gasteiger partial charge in [0.15, 0.2) is 18.9 Å². The molecule has 7 fully saturated rings. The van der Waals surface area contributed by atoms with E-state index in [1.807, 2.05) is 20.8 Å². The van der Waals surface area contributed by atoms with Gasteiger partial charge < -0.3 is 94.4 Å². The highest BCUT2D eigenvalue weighted by Gasteiger charge is 2.72. The number of allylic oxidation sites excluding steroid dienone is 2. The third-order valence-electron chi connectivity index (χ3n) is 19.3. The first-order valence-corrected chi connectivity index (χ1v) is 25.9. The number of carboxylic acid groups (broad SMARTS) is 1. The molecular formula is C51H84O21. The molecule has 3 heterocycles. The number of aliphatic hydroxyl groups is 11.